The van der Waals surface area contributed by atoms with Crippen LogP contribution >= 0.6 is 11.6 Å². The maximum Gasteiger partial charge on any atom is 0.251 e. The van der Waals surface area contributed by atoms with Gasteiger partial charge in [-0.15, -0.1) is 0 Å². The molecule has 0 bridgehead atoms. The van der Waals surface area contributed by atoms with Crippen molar-refractivity contribution >= 4 is 37.4 Å². The number of sulfonamides is 1. The number of amides is 1. The minimum Gasteiger partial charge on any atom is -0.346 e. The number of rotatable bonds is 4. The lowest BCUT2D eigenvalue weighted by molar-refractivity contribution is 0.0915. The van der Waals surface area contributed by atoms with E-state index in [1.165, 1.54) is 22.5 Å². The molecule has 4 rings (SSSR count). The molecule has 2 heterocycles. The van der Waals surface area contributed by atoms with E-state index >= 15 is 0 Å². The van der Waals surface area contributed by atoms with Crippen LogP contribution < -0.4 is 5.32 Å². The molecule has 2 aliphatic rings. The van der Waals surface area contributed by atoms with Gasteiger partial charge in [0.05, 0.1) is 22.1 Å². The summed E-state index contributed by atoms with van der Waals surface area (Å²) in [6.07, 6.45) is 0.910. The largest absolute Gasteiger partial charge is 0.346 e. The molecule has 0 radical (unpaired) electrons. The molecule has 0 unspecified atom stereocenters. The van der Waals surface area contributed by atoms with Crippen LogP contribution in [0.25, 0.3) is 0 Å². The Morgan fingerprint density at radius 1 is 1.16 bits per heavy atom. The van der Waals surface area contributed by atoms with Crippen molar-refractivity contribution in [3.05, 3.63) is 64.2 Å². The zero-order chi connectivity index (χ0) is 22.4. The van der Waals surface area contributed by atoms with Crippen molar-refractivity contribution in [2.75, 3.05) is 18.1 Å². The Bertz CT molecular complexity index is 1260. The van der Waals surface area contributed by atoms with Crippen molar-refractivity contribution in [3.63, 3.8) is 0 Å². The van der Waals surface area contributed by atoms with Gasteiger partial charge in [0.15, 0.2) is 9.84 Å². The zero-order valence-corrected chi connectivity index (χ0v) is 19.4. The molecule has 7 nitrogen and oxygen atoms in total. The molecular formula is C21H23ClN2O5S2. The first-order valence-electron chi connectivity index (χ1n) is 9.89. The van der Waals surface area contributed by atoms with E-state index in [0.717, 1.165) is 11.1 Å². The molecule has 2 aromatic carbocycles. The van der Waals surface area contributed by atoms with Gasteiger partial charge in [-0.2, -0.15) is 4.31 Å². The molecule has 0 aromatic heterocycles. The Morgan fingerprint density at radius 3 is 2.55 bits per heavy atom. The van der Waals surface area contributed by atoms with E-state index in [4.69, 9.17) is 11.6 Å². The van der Waals surface area contributed by atoms with Crippen molar-refractivity contribution < 1.29 is 21.6 Å². The summed E-state index contributed by atoms with van der Waals surface area (Å²) >= 11 is 6.22. The Labute approximate surface area is 187 Å². The summed E-state index contributed by atoms with van der Waals surface area (Å²) in [5.41, 5.74) is 1.29. The monoisotopic (exact) mass is 482 g/mol. The second-order valence-electron chi connectivity index (χ2n) is 8.36. The quantitative estimate of drug-likeness (QED) is 0.721. The molecule has 10 heteroatoms. The predicted molar refractivity (Wildman–Crippen MR) is 118 cm³/mol. The smallest absolute Gasteiger partial charge is 0.251 e. The van der Waals surface area contributed by atoms with E-state index < -0.39 is 31.3 Å². The number of carbonyl (C=O) groups is 1. The van der Waals surface area contributed by atoms with Gasteiger partial charge in [0.25, 0.3) is 5.91 Å². The molecule has 31 heavy (non-hydrogen) atoms. The fourth-order valence-electron chi connectivity index (χ4n) is 4.11. The normalized spacial score (nSPS) is 23.3. The van der Waals surface area contributed by atoms with Gasteiger partial charge in [0.1, 0.15) is 4.90 Å². The first-order chi connectivity index (χ1) is 14.5. The number of hydrogen-bond donors (Lipinski definition) is 1. The Balaban J connectivity index is 1.60. The Morgan fingerprint density at radius 2 is 1.87 bits per heavy atom. The number of fused-ring (bicyclic) bond motifs is 1. The lowest BCUT2D eigenvalue weighted by atomic mass is 10.0. The highest BCUT2D eigenvalue weighted by molar-refractivity contribution is 7.91. The number of halogens is 1. The average Bonchev–Trinajstić information content (AvgIpc) is 3.00. The summed E-state index contributed by atoms with van der Waals surface area (Å²) in [5, 5.41) is 2.78. The zero-order valence-electron chi connectivity index (χ0n) is 17.0. The van der Waals surface area contributed by atoms with Crippen LogP contribution in [-0.4, -0.2) is 50.6 Å². The van der Waals surface area contributed by atoms with Gasteiger partial charge in [0.2, 0.25) is 10.0 Å². The first-order valence-corrected chi connectivity index (χ1v) is 13.5. The molecule has 0 aliphatic carbocycles. The van der Waals surface area contributed by atoms with Gasteiger partial charge in [-0.25, -0.2) is 16.8 Å². The predicted octanol–water partition coefficient (Wildman–Crippen LogP) is 2.39. The van der Waals surface area contributed by atoms with Crippen LogP contribution in [-0.2, 0) is 32.8 Å². The summed E-state index contributed by atoms with van der Waals surface area (Å²) in [7, 11) is -7.12. The molecule has 1 atom stereocenters. The number of hydrogen-bond acceptors (Lipinski definition) is 5. The topological polar surface area (TPSA) is 101 Å². The minimum atomic E-state index is -3.93. The van der Waals surface area contributed by atoms with Gasteiger partial charge >= 0.3 is 0 Å². The van der Waals surface area contributed by atoms with Gasteiger partial charge < -0.3 is 5.32 Å². The summed E-state index contributed by atoms with van der Waals surface area (Å²) in [6.45, 7) is 2.23. The Kier molecular flexibility index (Phi) is 5.66. The second-order valence-corrected chi connectivity index (χ2v) is 12.9. The fourth-order valence-corrected chi connectivity index (χ4v) is 8.12. The molecule has 166 valence electrons. The highest BCUT2D eigenvalue weighted by Gasteiger charge is 2.40. The third-order valence-electron chi connectivity index (χ3n) is 5.83. The number of carbonyl (C=O) groups excluding carboxylic acids is 1. The van der Waals surface area contributed by atoms with E-state index in [9.17, 15) is 21.6 Å². The SMILES string of the molecule is C[C@]1(NC(=O)c2ccc(Cl)c(S(=O)(=O)N3CCc4ccccc4C3)c2)CCS(=O)(=O)C1. The highest BCUT2D eigenvalue weighted by atomic mass is 35.5. The minimum absolute atomic E-state index is 0.0143. The van der Waals surface area contributed by atoms with E-state index in [2.05, 4.69) is 5.32 Å². The average molecular weight is 483 g/mol. The summed E-state index contributed by atoms with van der Waals surface area (Å²) in [6, 6.07) is 11.8. The van der Waals surface area contributed by atoms with Crippen LogP contribution in [0.4, 0.5) is 0 Å². The van der Waals surface area contributed by atoms with Gasteiger partial charge in [-0.1, -0.05) is 35.9 Å². The number of nitrogens with zero attached hydrogens (tertiary/aromatic N) is 1. The maximum atomic E-state index is 13.3. The van der Waals surface area contributed by atoms with Gasteiger partial charge in [-0.05, 0) is 49.1 Å². The van der Waals surface area contributed by atoms with Crippen molar-refractivity contribution in [2.45, 2.75) is 36.7 Å². The molecule has 1 N–H and O–H groups in total. The first kappa shape index (κ1) is 22.3. The third-order valence-corrected chi connectivity index (χ3v) is 10.1. The van der Waals surface area contributed by atoms with Crippen molar-refractivity contribution in [3.8, 4) is 0 Å². The van der Waals surface area contributed by atoms with Crippen LogP contribution in [0.1, 0.15) is 34.8 Å². The molecule has 0 spiro atoms. The van der Waals surface area contributed by atoms with Crippen molar-refractivity contribution in [1.82, 2.24) is 9.62 Å². The van der Waals surface area contributed by atoms with Crippen molar-refractivity contribution in [1.29, 1.82) is 0 Å². The molecule has 0 saturated carbocycles. The molecular weight excluding hydrogens is 460 g/mol. The molecule has 1 amide bonds. The number of sulfone groups is 1. The lowest BCUT2D eigenvalue weighted by Crippen LogP contribution is -2.47. The molecule has 1 fully saturated rings. The highest BCUT2D eigenvalue weighted by Crippen LogP contribution is 2.30. The second kappa shape index (κ2) is 7.88. The number of nitrogens with one attached hydrogen (secondary N) is 1. The lowest BCUT2D eigenvalue weighted by Gasteiger charge is -2.28. The van der Waals surface area contributed by atoms with Gasteiger partial charge in [-0.3, -0.25) is 4.79 Å². The standard InChI is InChI=1S/C21H23ClN2O5S2/c1-21(9-11-30(26,27)14-21)23-20(25)16-6-7-18(22)19(12-16)31(28,29)24-10-8-15-4-2-3-5-17(15)13-24/h2-7,12H,8-11,13-14H2,1H3,(H,23,25)/t21-/m0/s1. The fraction of sp³-hybridized carbons (Fsp3) is 0.381. The molecule has 2 aliphatic heterocycles. The summed E-state index contributed by atoms with van der Waals surface area (Å²) < 4.78 is 51.6. The van der Waals surface area contributed by atoms with E-state index in [1.807, 2.05) is 24.3 Å². The van der Waals surface area contributed by atoms with Crippen LogP contribution in [0, 0.1) is 0 Å². The van der Waals surface area contributed by atoms with Crippen LogP contribution in [0.2, 0.25) is 5.02 Å². The van der Waals surface area contributed by atoms with Crippen LogP contribution in [0.3, 0.4) is 0 Å². The van der Waals surface area contributed by atoms with Crippen LogP contribution in [0.15, 0.2) is 47.4 Å². The van der Waals surface area contributed by atoms with Crippen LogP contribution in [0.5, 0.6) is 0 Å². The van der Waals surface area contributed by atoms with Gasteiger partial charge in [0, 0.05) is 18.7 Å². The third kappa shape index (κ3) is 4.50. The van der Waals surface area contributed by atoms with E-state index in [-0.39, 0.29) is 33.5 Å². The summed E-state index contributed by atoms with van der Waals surface area (Å²) in [5.74, 6) is -0.658. The van der Waals surface area contributed by atoms with Crippen molar-refractivity contribution in [2.24, 2.45) is 0 Å². The maximum absolute atomic E-state index is 13.3. The molecule has 2 aromatic rings. The number of benzene rings is 2. The Hall–Kier alpha value is -1.94. The van der Waals surface area contributed by atoms with E-state index in [1.54, 1.807) is 6.92 Å². The summed E-state index contributed by atoms with van der Waals surface area (Å²) in [4.78, 5) is 12.7. The van der Waals surface area contributed by atoms with E-state index in [0.29, 0.717) is 19.4 Å². The molecule has 1 saturated heterocycles.